The predicted octanol–water partition coefficient (Wildman–Crippen LogP) is 3.30. The van der Waals surface area contributed by atoms with Crippen molar-refractivity contribution in [1.82, 2.24) is 0 Å². The molecule has 0 N–H and O–H groups in total. The number of benzene rings is 1. The van der Waals surface area contributed by atoms with Crippen LogP contribution in [0.2, 0.25) is 0 Å². The number of rotatable bonds is 3. The molecule has 0 spiro atoms. The first-order valence-corrected chi connectivity index (χ1v) is 7.70. The van der Waals surface area contributed by atoms with Crippen LogP contribution < -0.4 is 4.90 Å². The van der Waals surface area contributed by atoms with Gasteiger partial charge in [0.1, 0.15) is 0 Å². The largest absolute Gasteiger partial charge is 0.378 e. The molecular weight excluding hydrogens is 274 g/mol. The number of hydrogen-bond donors (Lipinski definition) is 0. The number of ether oxygens (including phenoxy) is 1. The van der Waals surface area contributed by atoms with Crippen molar-refractivity contribution in [3.05, 3.63) is 29.3 Å². The number of carbonyl (C=O) groups is 1. The molecule has 0 radical (unpaired) electrons. The van der Waals surface area contributed by atoms with Crippen molar-refractivity contribution in [2.45, 2.75) is 37.7 Å². The number of amides is 1. The standard InChI is InChI=1S/C16H20ClNO2/c1-3-14-12(6-7-20-14)16(17)10-4-5-13-11(8-10)9-15(19)18(13)2/h4-5,8,12,14,16H,3,6-7,9H2,1-2H3. The second kappa shape index (κ2) is 5.38. The Morgan fingerprint density at radius 1 is 1.50 bits per heavy atom. The Labute approximate surface area is 124 Å². The van der Waals surface area contributed by atoms with Gasteiger partial charge in [-0.05, 0) is 30.0 Å². The van der Waals surface area contributed by atoms with E-state index in [9.17, 15) is 4.79 Å². The predicted molar refractivity (Wildman–Crippen MR) is 80.3 cm³/mol. The van der Waals surface area contributed by atoms with E-state index in [0.717, 1.165) is 36.3 Å². The third-order valence-corrected chi connectivity index (χ3v) is 5.11. The molecule has 1 amide bonds. The topological polar surface area (TPSA) is 29.5 Å². The number of fused-ring (bicyclic) bond motifs is 1. The third kappa shape index (κ3) is 2.23. The molecule has 2 aliphatic rings. The van der Waals surface area contributed by atoms with E-state index in [2.05, 4.69) is 19.1 Å². The van der Waals surface area contributed by atoms with Crippen molar-refractivity contribution in [2.24, 2.45) is 5.92 Å². The molecule has 0 aliphatic carbocycles. The first kappa shape index (κ1) is 13.9. The molecule has 20 heavy (non-hydrogen) atoms. The van der Waals surface area contributed by atoms with E-state index in [-0.39, 0.29) is 17.4 Å². The number of nitrogens with zero attached hydrogens (tertiary/aromatic N) is 1. The molecule has 2 heterocycles. The summed E-state index contributed by atoms with van der Waals surface area (Å²) in [5, 5.41) is -0.0336. The summed E-state index contributed by atoms with van der Waals surface area (Å²) >= 11 is 6.68. The maximum atomic E-state index is 11.7. The van der Waals surface area contributed by atoms with E-state index in [4.69, 9.17) is 16.3 Å². The summed E-state index contributed by atoms with van der Waals surface area (Å²) in [5.41, 5.74) is 3.22. The lowest BCUT2D eigenvalue weighted by Gasteiger charge is -2.23. The van der Waals surface area contributed by atoms with Crippen molar-refractivity contribution >= 4 is 23.2 Å². The molecule has 4 heteroatoms. The molecule has 1 saturated heterocycles. The highest BCUT2D eigenvalue weighted by atomic mass is 35.5. The van der Waals surface area contributed by atoms with Crippen molar-refractivity contribution in [1.29, 1.82) is 0 Å². The van der Waals surface area contributed by atoms with Gasteiger partial charge in [0.2, 0.25) is 5.91 Å². The van der Waals surface area contributed by atoms with Crippen LogP contribution in [0, 0.1) is 5.92 Å². The van der Waals surface area contributed by atoms with Crippen LogP contribution in [0.1, 0.15) is 36.3 Å². The fraction of sp³-hybridized carbons (Fsp3) is 0.562. The summed E-state index contributed by atoms with van der Waals surface area (Å²) in [7, 11) is 1.82. The van der Waals surface area contributed by atoms with Crippen LogP contribution in [0.3, 0.4) is 0 Å². The van der Waals surface area contributed by atoms with Crippen LogP contribution in [0.15, 0.2) is 18.2 Å². The summed E-state index contributed by atoms with van der Waals surface area (Å²) in [6.45, 7) is 2.95. The summed E-state index contributed by atoms with van der Waals surface area (Å²) in [6.07, 6.45) is 2.76. The van der Waals surface area contributed by atoms with Gasteiger partial charge in [0.25, 0.3) is 0 Å². The van der Waals surface area contributed by atoms with Crippen LogP contribution in [-0.2, 0) is 16.0 Å². The minimum Gasteiger partial charge on any atom is -0.378 e. The number of halogens is 1. The first-order valence-electron chi connectivity index (χ1n) is 7.27. The molecule has 1 fully saturated rings. The Balaban J connectivity index is 1.85. The van der Waals surface area contributed by atoms with Crippen molar-refractivity contribution in [3.63, 3.8) is 0 Å². The molecule has 3 unspecified atom stereocenters. The van der Waals surface area contributed by atoms with E-state index in [1.807, 2.05) is 13.1 Å². The van der Waals surface area contributed by atoms with Gasteiger partial charge >= 0.3 is 0 Å². The molecule has 3 rings (SSSR count). The second-order valence-corrected chi connectivity index (χ2v) is 6.16. The lowest BCUT2D eigenvalue weighted by Crippen LogP contribution is -2.20. The molecule has 0 aromatic heterocycles. The van der Waals surface area contributed by atoms with E-state index >= 15 is 0 Å². The van der Waals surface area contributed by atoms with Gasteiger partial charge in [-0.2, -0.15) is 0 Å². The Morgan fingerprint density at radius 3 is 3.05 bits per heavy atom. The van der Waals surface area contributed by atoms with Crippen molar-refractivity contribution < 1.29 is 9.53 Å². The lowest BCUT2D eigenvalue weighted by molar-refractivity contribution is -0.117. The van der Waals surface area contributed by atoms with Gasteiger partial charge in [-0.25, -0.2) is 0 Å². The Morgan fingerprint density at radius 2 is 2.30 bits per heavy atom. The Bertz CT molecular complexity index is 531. The van der Waals surface area contributed by atoms with Crippen molar-refractivity contribution in [3.8, 4) is 0 Å². The van der Waals surface area contributed by atoms with Gasteiger partial charge in [-0.1, -0.05) is 19.1 Å². The Hall–Kier alpha value is -1.06. The third-order valence-electron chi connectivity index (χ3n) is 4.54. The minimum absolute atomic E-state index is 0.0336. The molecule has 1 aromatic rings. The summed E-state index contributed by atoms with van der Waals surface area (Å²) < 4.78 is 5.74. The minimum atomic E-state index is -0.0336. The average Bonchev–Trinajstić information content (AvgIpc) is 3.03. The summed E-state index contributed by atoms with van der Waals surface area (Å²) in [6, 6.07) is 6.16. The maximum Gasteiger partial charge on any atom is 0.231 e. The van der Waals surface area contributed by atoms with Gasteiger partial charge < -0.3 is 9.64 Å². The maximum absolute atomic E-state index is 11.7. The monoisotopic (exact) mass is 293 g/mol. The second-order valence-electron chi connectivity index (χ2n) is 5.69. The zero-order valence-corrected chi connectivity index (χ0v) is 12.7. The van der Waals surface area contributed by atoms with Crippen LogP contribution in [-0.4, -0.2) is 25.7 Å². The van der Waals surface area contributed by atoms with Gasteiger partial charge in [0, 0.05) is 25.3 Å². The SMILES string of the molecule is CCC1OCCC1C(Cl)c1ccc2c(c1)CC(=O)N2C. The first-order chi connectivity index (χ1) is 9.61. The fourth-order valence-electron chi connectivity index (χ4n) is 3.33. The van der Waals surface area contributed by atoms with Gasteiger partial charge in [-0.3, -0.25) is 4.79 Å². The molecule has 2 aliphatic heterocycles. The molecular formula is C16H20ClNO2. The van der Waals surface area contributed by atoms with E-state index in [1.54, 1.807) is 4.90 Å². The van der Waals surface area contributed by atoms with E-state index < -0.39 is 0 Å². The van der Waals surface area contributed by atoms with Gasteiger partial charge in [0.05, 0.1) is 17.9 Å². The highest BCUT2D eigenvalue weighted by Gasteiger charge is 2.34. The van der Waals surface area contributed by atoms with Gasteiger partial charge in [-0.15, -0.1) is 11.6 Å². The lowest BCUT2D eigenvalue weighted by atomic mass is 9.90. The average molecular weight is 294 g/mol. The zero-order valence-electron chi connectivity index (χ0n) is 11.9. The summed E-state index contributed by atoms with van der Waals surface area (Å²) in [5.74, 6) is 0.522. The quantitative estimate of drug-likeness (QED) is 0.800. The summed E-state index contributed by atoms with van der Waals surface area (Å²) in [4.78, 5) is 13.5. The number of alkyl halides is 1. The molecule has 108 valence electrons. The highest BCUT2D eigenvalue weighted by molar-refractivity contribution is 6.21. The normalized spacial score (nSPS) is 26.9. The van der Waals surface area contributed by atoms with E-state index in [0.29, 0.717) is 12.3 Å². The van der Waals surface area contributed by atoms with Crippen LogP contribution in [0.4, 0.5) is 5.69 Å². The van der Waals surface area contributed by atoms with Crippen LogP contribution in [0.25, 0.3) is 0 Å². The molecule has 3 nitrogen and oxygen atoms in total. The number of anilines is 1. The Kier molecular flexibility index (Phi) is 3.74. The van der Waals surface area contributed by atoms with E-state index in [1.165, 1.54) is 0 Å². The number of likely N-dealkylation sites (N-methyl/N-ethyl adjacent to an activating group) is 1. The van der Waals surface area contributed by atoms with Gasteiger partial charge in [0.15, 0.2) is 0 Å². The zero-order chi connectivity index (χ0) is 14.3. The van der Waals surface area contributed by atoms with Crippen LogP contribution >= 0.6 is 11.6 Å². The number of carbonyl (C=O) groups excluding carboxylic acids is 1. The molecule has 1 aromatic carbocycles. The van der Waals surface area contributed by atoms with Crippen molar-refractivity contribution in [2.75, 3.05) is 18.6 Å². The molecule has 0 saturated carbocycles. The smallest absolute Gasteiger partial charge is 0.231 e. The highest BCUT2D eigenvalue weighted by Crippen LogP contribution is 2.41. The fourth-order valence-corrected chi connectivity index (χ4v) is 3.75. The van der Waals surface area contributed by atoms with Crippen LogP contribution in [0.5, 0.6) is 0 Å². The number of hydrogen-bond acceptors (Lipinski definition) is 2. The molecule has 3 atom stereocenters. The molecule has 0 bridgehead atoms.